The van der Waals surface area contributed by atoms with E-state index >= 15 is 0 Å². The molecule has 5 heteroatoms. The Labute approximate surface area is 119 Å². The number of carbonyl (C=O) groups excluding carboxylic acids is 2. The van der Waals surface area contributed by atoms with E-state index < -0.39 is 5.97 Å². The molecule has 1 rings (SSSR count). The van der Waals surface area contributed by atoms with Crippen molar-refractivity contribution in [3.05, 3.63) is 35.9 Å². The maximum Gasteiger partial charge on any atom is 0.325 e. The van der Waals surface area contributed by atoms with Gasteiger partial charge in [-0.25, -0.2) is 0 Å². The Morgan fingerprint density at radius 3 is 2.50 bits per heavy atom. The van der Waals surface area contributed by atoms with Crippen molar-refractivity contribution in [2.75, 3.05) is 13.7 Å². The summed E-state index contributed by atoms with van der Waals surface area (Å²) in [7, 11) is 1.31. The third kappa shape index (κ3) is 5.40. The molecule has 1 aromatic carbocycles. The summed E-state index contributed by atoms with van der Waals surface area (Å²) in [6.07, 6.45) is 0.962. The fraction of sp³-hybridized carbons (Fsp3) is 0.467. The number of carbonyl (C=O) groups is 2. The maximum absolute atomic E-state index is 12.2. The van der Waals surface area contributed by atoms with Gasteiger partial charge in [-0.05, 0) is 12.0 Å². The van der Waals surface area contributed by atoms with Crippen LogP contribution in [-0.4, -0.2) is 36.5 Å². The monoisotopic (exact) mass is 278 g/mol. The molecule has 1 amide bonds. The number of hydrogen-bond acceptors (Lipinski definition) is 4. The molecule has 0 aliphatic carbocycles. The molecule has 0 fully saturated rings. The van der Waals surface area contributed by atoms with Crippen molar-refractivity contribution in [1.82, 2.24) is 4.90 Å². The molecule has 1 aromatic rings. The van der Waals surface area contributed by atoms with Crippen LogP contribution in [0.4, 0.5) is 0 Å². The molecule has 0 saturated carbocycles. The minimum Gasteiger partial charge on any atom is -0.468 e. The summed E-state index contributed by atoms with van der Waals surface area (Å²) >= 11 is 0. The van der Waals surface area contributed by atoms with Crippen LogP contribution in [0.2, 0.25) is 0 Å². The molecule has 0 aliphatic rings. The highest BCUT2D eigenvalue weighted by atomic mass is 16.5. The first-order valence-corrected chi connectivity index (χ1v) is 6.70. The lowest BCUT2D eigenvalue weighted by Crippen LogP contribution is -2.38. The summed E-state index contributed by atoms with van der Waals surface area (Å²) in [5, 5.41) is 0. The Morgan fingerprint density at radius 2 is 1.95 bits per heavy atom. The zero-order chi connectivity index (χ0) is 15.0. The predicted molar refractivity (Wildman–Crippen MR) is 76.8 cm³/mol. The summed E-state index contributed by atoms with van der Waals surface area (Å²) in [6, 6.07) is 9.35. The molecule has 1 atom stereocenters. The second kappa shape index (κ2) is 8.32. The van der Waals surface area contributed by atoms with E-state index in [0.29, 0.717) is 6.54 Å². The average molecular weight is 278 g/mol. The highest BCUT2D eigenvalue weighted by molar-refractivity contribution is 5.82. The molecular formula is C15H22N2O3. The molecule has 110 valence electrons. The fourth-order valence-electron chi connectivity index (χ4n) is 1.75. The second-order valence-corrected chi connectivity index (χ2v) is 4.68. The largest absolute Gasteiger partial charge is 0.468 e. The molecule has 0 radical (unpaired) electrons. The predicted octanol–water partition coefficient (Wildman–Crippen LogP) is 1.32. The van der Waals surface area contributed by atoms with Gasteiger partial charge in [0.2, 0.25) is 5.91 Å². The Morgan fingerprint density at radius 1 is 1.30 bits per heavy atom. The lowest BCUT2D eigenvalue weighted by molar-refractivity contribution is -0.147. The molecule has 0 saturated heterocycles. The average Bonchev–Trinajstić information content (AvgIpc) is 2.47. The van der Waals surface area contributed by atoms with Crippen LogP contribution in [0.3, 0.4) is 0 Å². The van der Waals surface area contributed by atoms with Gasteiger partial charge in [-0.1, -0.05) is 37.3 Å². The number of methoxy groups -OCH3 is 1. The zero-order valence-electron chi connectivity index (χ0n) is 12.0. The highest BCUT2D eigenvalue weighted by Gasteiger charge is 2.19. The number of amides is 1. The van der Waals surface area contributed by atoms with E-state index in [1.54, 1.807) is 0 Å². The van der Waals surface area contributed by atoms with Gasteiger partial charge < -0.3 is 15.4 Å². The van der Waals surface area contributed by atoms with Crippen LogP contribution >= 0.6 is 0 Å². The van der Waals surface area contributed by atoms with Gasteiger partial charge >= 0.3 is 5.97 Å². The van der Waals surface area contributed by atoms with Crippen LogP contribution < -0.4 is 5.73 Å². The molecular weight excluding hydrogens is 256 g/mol. The minimum atomic E-state index is -0.431. The number of ether oxygens (including phenoxy) is 1. The summed E-state index contributed by atoms with van der Waals surface area (Å²) in [4.78, 5) is 25.1. The van der Waals surface area contributed by atoms with E-state index in [1.165, 1.54) is 12.0 Å². The van der Waals surface area contributed by atoms with Crippen LogP contribution in [0.25, 0.3) is 0 Å². The number of benzene rings is 1. The number of nitrogens with zero attached hydrogens (tertiary/aromatic N) is 1. The highest BCUT2D eigenvalue weighted by Crippen LogP contribution is 2.08. The van der Waals surface area contributed by atoms with Crippen molar-refractivity contribution in [3.8, 4) is 0 Å². The Balaban J connectivity index is 2.74. The van der Waals surface area contributed by atoms with E-state index in [1.807, 2.05) is 37.3 Å². The molecule has 0 aliphatic heterocycles. The van der Waals surface area contributed by atoms with Crippen LogP contribution in [0.1, 0.15) is 25.3 Å². The van der Waals surface area contributed by atoms with Crippen molar-refractivity contribution >= 4 is 11.9 Å². The topological polar surface area (TPSA) is 72.6 Å². The van der Waals surface area contributed by atoms with Gasteiger partial charge in [-0.15, -0.1) is 0 Å². The second-order valence-electron chi connectivity index (χ2n) is 4.68. The van der Waals surface area contributed by atoms with E-state index in [0.717, 1.165) is 12.0 Å². The molecule has 0 spiro atoms. The smallest absolute Gasteiger partial charge is 0.325 e. The van der Waals surface area contributed by atoms with Gasteiger partial charge in [-0.2, -0.15) is 0 Å². The van der Waals surface area contributed by atoms with E-state index in [4.69, 9.17) is 5.73 Å². The fourth-order valence-corrected chi connectivity index (χ4v) is 1.75. The number of rotatable bonds is 7. The number of esters is 1. The third-order valence-electron chi connectivity index (χ3n) is 3.08. The van der Waals surface area contributed by atoms with Gasteiger partial charge in [0.1, 0.15) is 6.54 Å². The first-order chi connectivity index (χ1) is 9.56. The van der Waals surface area contributed by atoms with E-state index in [-0.39, 0.29) is 24.9 Å². The van der Waals surface area contributed by atoms with Gasteiger partial charge in [0, 0.05) is 19.0 Å². The number of hydrogen-bond donors (Lipinski definition) is 1. The Hall–Kier alpha value is -1.88. The molecule has 0 aromatic heterocycles. The standard InChI is InChI=1S/C15H22N2O3/c1-3-13(16)9-14(18)17(11-15(19)20-2)10-12-7-5-4-6-8-12/h4-8,13H,3,9-11,16H2,1-2H3. The van der Waals surface area contributed by atoms with Crippen molar-refractivity contribution in [2.45, 2.75) is 32.4 Å². The van der Waals surface area contributed by atoms with Crippen LogP contribution in [-0.2, 0) is 20.9 Å². The molecule has 1 unspecified atom stereocenters. The normalized spacial score (nSPS) is 11.8. The lowest BCUT2D eigenvalue weighted by atomic mass is 10.1. The zero-order valence-corrected chi connectivity index (χ0v) is 12.0. The molecule has 0 heterocycles. The van der Waals surface area contributed by atoms with Gasteiger partial charge in [0.05, 0.1) is 7.11 Å². The molecule has 20 heavy (non-hydrogen) atoms. The van der Waals surface area contributed by atoms with Crippen molar-refractivity contribution in [2.24, 2.45) is 5.73 Å². The van der Waals surface area contributed by atoms with Crippen molar-refractivity contribution in [3.63, 3.8) is 0 Å². The lowest BCUT2D eigenvalue weighted by Gasteiger charge is -2.23. The van der Waals surface area contributed by atoms with Crippen molar-refractivity contribution in [1.29, 1.82) is 0 Å². The van der Waals surface area contributed by atoms with Crippen LogP contribution in [0.5, 0.6) is 0 Å². The minimum absolute atomic E-state index is 0.0549. The summed E-state index contributed by atoms with van der Waals surface area (Å²) < 4.78 is 4.64. The number of nitrogens with two attached hydrogens (primary N) is 1. The quantitative estimate of drug-likeness (QED) is 0.763. The molecule has 0 bridgehead atoms. The van der Waals surface area contributed by atoms with Gasteiger partial charge in [0.25, 0.3) is 0 Å². The summed E-state index contributed by atoms with van der Waals surface area (Å²) in [6.45, 7) is 2.26. The van der Waals surface area contributed by atoms with E-state index in [2.05, 4.69) is 4.74 Å². The van der Waals surface area contributed by atoms with Gasteiger partial charge in [-0.3, -0.25) is 9.59 Å². The summed E-state index contributed by atoms with van der Waals surface area (Å²) in [5.41, 5.74) is 6.77. The van der Waals surface area contributed by atoms with E-state index in [9.17, 15) is 9.59 Å². The Bertz CT molecular complexity index is 434. The first-order valence-electron chi connectivity index (χ1n) is 6.70. The molecule has 2 N–H and O–H groups in total. The Kier molecular flexibility index (Phi) is 6.73. The molecule has 5 nitrogen and oxygen atoms in total. The van der Waals surface area contributed by atoms with Crippen LogP contribution in [0.15, 0.2) is 30.3 Å². The van der Waals surface area contributed by atoms with Crippen LogP contribution in [0, 0.1) is 0 Å². The first kappa shape index (κ1) is 16.2. The summed E-state index contributed by atoms with van der Waals surface area (Å²) in [5.74, 6) is -0.562. The third-order valence-corrected chi connectivity index (χ3v) is 3.08. The van der Waals surface area contributed by atoms with Gasteiger partial charge in [0.15, 0.2) is 0 Å². The van der Waals surface area contributed by atoms with Crippen molar-refractivity contribution < 1.29 is 14.3 Å². The maximum atomic E-state index is 12.2. The SMILES string of the molecule is CCC(N)CC(=O)N(CC(=O)OC)Cc1ccccc1.